The van der Waals surface area contributed by atoms with E-state index in [0.717, 1.165) is 65.9 Å². The molecule has 2 aromatic rings. The van der Waals surface area contributed by atoms with Gasteiger partial charge in [-0.3, -0.25) is 0 Å². The summed E-state index contributed by atoms with van der Waals surface area (Å²) < 4.78 is 11.6. The number of rotatable bonds is 6. The highest BCUT2D eigenvalue weighted by molar-refractivity contribution is 5.84. The monoisotopic (exact) mass is 344 g/mol. The Hall–Kier alpha value is -1.55. The minimum Gasteiger partial charge on any atom is -0.493 e. The third kappa shape index (κ3) is 4.55. The van der Waals surface area contributed by atoms with Crippen LogP contribution in [0, 0.1) is 18.8 Å². The summed E-state index contributed by atoms with van der Waals surface area (Å²) in [5.41, 5.74) is 3.10. The van der Waals surface area contributed by atoms with Gasteiger partial charge < -0.3 is 14.6 Å². The smallest absolute Gasteiger partial charge is 0.173 e. The summed E-state index contributed by atoms with van der Waals surface area (Å²) in [6, 6.07) is 4.21. The van der Waals surface area contributed by atoms with Crippen molar-refractivity contribution in [3.63, 3.8) is 0 Å². The van der Waals surface area contributed by atoms with Gasteiger partial charge >= 0.3 is 0 Å². The van der Waals surface area contributed by atoms with Crippen molar-refractivity contribution in [3.05, 3.63) is 23.4 Å². The van der Waals surface area contributed by atoms with E-state index in [2.05, 4.69) is 29.5 Å². The van der Waals surface area contributed by atoms with Crippen molar-refractivity contribution in [2.75, 3.05) is 19.7 Å². The van der Waals surface area contributed by atoms with Crippen LogP contribution in [-0.2, 0) is 6.42 Å². The lowest BCUT2D eigenvalue weighted by Crippen LogP contribution is -2.27. The number of aromatic nitrogens is 1. The van der Waals surface area contributed by atoms with Gasteiger partial charge in [-0.1, -0.05) is 19.0 Å². The zero-order valence-electron chi connectivity index (χ0n) is 15.9. The molecule has 0 atom stereocenters. The van der Waals surface area contributed by atoms with Crippen molar-refractivity contribution in [2.45, 2.75) is 59.3 Å². The first-order chi connectivity index (χ1) is 12.3. The number of nitrogens with one attached hydrogen (secondary N) is 1. The highest BCUT2D eigenvalue weighted by atomic mass is 16.5. The summed E-state index contributed by atoms with van der Waals surface area (Å²) in [5.74, 6) is 2.54. The molecule has 1 aromatic carbocycles. The lowest BCUT2D eigenvalue weighted by molar-refractivity contribution is 0.297. The van der Waals surface area contributed by atoms with E-state index in [1.54, 1.807) is 0 Å². The molecule has 0 radical (unpaired) electrons. The van der Waals surface area contributed by atoms with Crippen molar-refractivity contribution in [2.24, 2.45) is 11.8 Å². The average Bonchev–Trinajstić information content (AvgIpc) is 3.40. The molecule has 0 amide bonds. The first-order valence-electron chi connectivity index (χ1n) is 10.0. The molecule has 1 N–H and O–H groups in total. The molecular weight excluding hydrogens is 312 g/mol. The van der Waals surface area contributed by atoms with E-state index in [0.29, 0.717) is 0 Å². The summed E-state index contributed by atoms with van der Waals surface area (Å²) in [5, 5.41) is 8.93. The molecule has 1 aliphatic heterocycles. The van der Waals surface area contributed by atoms with Gasteiger partial charge in [0.05, 0.1) is 12.3 Å². The Morgan fingerprint density at radius 1 is 1.12 bits per heavy atom. The molecule has 138 valence electrons. The molecule has 0 spiro atoms. The van der Waals surface area contributed by atoms with Gasteiger partial charge in [0.15, 0.2) is 5.58 Å². The van der Waals surface area contributed by atoms with Crippen LogP contribution in [0.1, 0.15) is 57.2 Å². The molecule has 2 aliphatic rings. The van der Waals surface area contributed by atoms with Crippen LogP contribution in [-0.4, -0.2) is 24.9 Å². The van der Waals surface area contributed by atoms with Crippen LogP contribution in [0.15, 0.2) is 16.7 Å². The van der Waals surface area contributed by atoms with Crippen LogP contribution in [0.3, 0.4) is 0 Å². The second-order valence-electron chi connectivity index (χ2n) is 7.18. The van der Waals surface area contributed by atoms with Gasteiger partial charge in [0.1, 0.15) is 5.75 Å². The van der Waals surface area contributed by atoms with Crippen molar-refractivity contribution < 1.29 is 9.26 Å². The van der Waals surface area contributed by atoms with E-state index in [-0.39, 0.29) is 0 Å². The molecule has 4 rings (SSSR count). The maximum absolute atomic E-state index is 5.94. The Balaban J connectivity index is 0.000000880. The van der Waals surface area contributed by atoms with Gasteiger partial charge in [-0.15, -0.1) is 0 Å². The Labute approximate surface area is 151 Å². The molecule has 25 heavy (non-hydrogen) atoms. The van der Waals surface area contributed by atoms with E-state index in [9.17, 15) is 0 Å². The van der Waals surface area contributed by atoms with Gasteiger partial charge in [0.2, 0.25) is 0 Å². The minimum atomic E-state index is 0.764. The number of benzene rings is 1. The van der Waals surface area contributed by atoms with Crippen LogP contribution in [0.5, 0.6) is 5.75 Å². The van der Waals surface area contributed by atoms with E-state index in [4.69, 9.17) is 9.26 Å². The van der Waals surface area contributed by atoms with Gasteiger partial charge in [0, 0.05) is 10.9 Å². The Morgan fingerprint density at radius 2 is 1.88 bits per heavy atom. The maximum Gasteiger partial charge on any atom is 0.173 e. The lowest BCUT2D eigenvalue weighted by Gasteiger charge is -2.21. The van der Waals surface area contributed by atoms with Crippen LogP contribution in [0.2, 0.25) is 0 Å². The molecule has 0 bridgehead atoms. The highest BCUT2D eigenvalue weighted by Gasteiger charge is 2.23. The number of piperidine rings is 1. The largest absolute Gasteiger partial charge is 0.493 e. The predicted molar refractivity (Wildman–Crippen MR) is 102 cm³/mol. The normalized spacial score (nSPS) is 18.0. The molecule has 2 fully saturated rings. The molecule has 4 nitrogen and oxygen atoms in total. The van der Waals surface area contributed by atoms with Crippen molar-refractivity contribution in [1.82, 2.24) is 10.5 Å². The number of nitrogens with zero attached hydrogens (tertiary/aromatic N) is 1. The zero-order valence-corrected chi connectivity index (χ0v) is 15.9. The highest BCUT2D eigenvalue weighted by Crippen LogP contribution is 2.33. The maximum atomic E-state index is 5.94. The molecule has 4 heteroatoms. The number of ether oxygens (including phenoxy) is 1. The summed E-state index contributed by atoms with van der Waals surface area (Å²) in [7, 11) is 0. The van der Waals surface area contributed by atoms with Gasteiger partial charge in [-0.2, -0.15) is 0 Å². The summed E-state index contributed by atoms with van der Waals surface area (Å²) in [4.78, 5) is 0. The van der Waals surface area contributed by atoms with E-state index < -0.39 is 0 Å². The number of hydrogen-bond acceptors (Lipinski definition) is 4. The van der Waals surface area contributed by atoms with Crippen LogP contribution >= 0.6 is 0 Å². The second-order valence-corrected chi connectivity index (χ2v) is 7.18. The average molecular weight is 344 g/mol. The number of hydrogen-bond donors (Lipinski definition) is 1. The molecule has 1 saturated heterocycles. The molecule has 0 unspecified atom stereocenters. The Morgan fingerprint density at radius 3 is 2.60 bits per heavy atom. The Bertz CT molecular complexity index is 670. The first-order valence-corrected chi connectivity index (χ1v) is 10.0. The third-order valence-corrected chi connectivity index (χ3v) is 5.33. The molecule has 1 saturated carbocycles. The predicted octanol–water partition coefficient (Wildman–Crippen LogP) is 4.88. The van der Waals surface area contributed by atoms with Crippen LogP contribution in [0.25, 0.3) is 11.0 Å². The summed E-state index contributed by atoms with van der Waals surface area (Å²) in [6.07, 6.45) is 7.42. The SMILES string of the molecule is CC.Cc1c(OCC2CC2)ccc2c(CCC3CCNCC3)noc12. The van der Waals surface area contributed by atoms with Gasteiger partial charge in [-0.25, -0.2) is 0 Å². The fraction of sp³-hybridized carbons (Fsp3) is 0.667. The molecular formula is C21H32N2O2. The van der Waals surface area contributed by atoms with E-state index in [1.807, 2.05) is 13.8 Å². The van der Waals surface area contributed by atoms with Crippen molar-refractivity contribution >= 4 is 11.0 Å². The van der Waals surface area contributed by atoms with Crippen molar-refractivity contribution in [3.8, 4) is 5.75 Å². The van der Waals surface area contributed by atoms with Gasteiger partial charge in [-0.05, 0) is 82.5 Å². The molecule has 2 heterocycles. The van der Waals surface area contributed by atoms with Crippen molar-refractivity contribution in [1.29, 1.82) is 0 Å². The molecule has 1 aliphatic carbocycles. The van der Waals surface area contributed by atoms with Gasteiger partial charge in [0.25, 0.3) is 0 Å². The van der Waals surface area contributed by atoms with E-state index >= 15 is 0 Å². The summed E-state index contributed by atoms with van der Waals surface area (Å²) >= 11 is 0. The number of aryl methyl sites for hydroxylation is 2. The first kappa shape index (κ1) is 18.2. The minimum absolute atomic E-state index is 0.764. The molecule has 1 aromatic heterocycles. The lowest BCUT2D eigenvalue weighted by atomic mass is 9.92. The standard InChI is InChI=1S/C19H26N2O2.C2H6/c1-13-18(22-12-15-2-3-15)7-5-16-17(21-23-19(13)16)6-4-14-8-10-20-11-9-14;1-2/h5,7,14-15,20H,2-4,6,8-12H2,1H3;1-2H3. The number of fused-ring (bicyclic) bond motifs is 1. The second kappa shape index (κ2) is 8.70. The quantitative estimate of drug-likeness (QED) is 0.811. The zero-order chi connectivity index (χ0) is 17.6. The third-order valence-electron chi connectivity index (χ3n) is 5.33. The van der Waals surface area contributed by atoms with E-state index in [1.165, 1.54) is 32.1 Å². The topological polar surface area (TPSA) is 47.3 Å². The fourth-order valence-electron chi connectivity index (χ4n) is 3.51. The van der Waals surface area contributed by atoms with Crippen LogP contribution in [0.4, 0.5) is 0 Å². The Kier molecular flexibility index (Phi) is 6.35. The summed E-state index contributed by atoms with van der Waals surface area (Å²) in [6.45, 7) is 9.23. The van der Waals surface area contributed by atoms with Crippen LogP contribution < -0.4 is 10.1 Å². The fourth-order valence-corrected chi connectivity index (χ4v) is 3.51.